The van der Waals surface area contributed by atoms with Crippen molar-refractivity contribution >= 4 is 11.7 Å². The predicted octanol–water partition coefficient (Wildman–Crippen LogP) is 1.47. The van der Waals surface area contributed by atoms with Gasteiger partial charge >= 0.3 is 0 Å². The van der Waals surface area contributed by atoms with Crippen LogP contribution >= 0.6 is 0 Å². The summed E-state index contributed by atoms with van der Waals surface area (Å²) < 4.78 is 1.82. The summed E-state index contributed by atoms with van der Waals surface area (Å²) in [6.45, 7) is 4.21. The Morgan fingerprint density at radius 1 is 1.35 bits per heavy atom. The molecule has 0 bridgehead atoms. The minimum Gasteiger partial charge on any atom is -0.386 e. The maximum absolute atomic E-state index is 12.5. The fraction of sp³-hybridized carbons (Fsp3) is 0.526. The number of aromatic nitrogens is 3. The molecule has 26 heavy (non-hydrogen) atoms. The number of amides is 1. The van der Waals surface area contributed by atoms with Crippen LogP contribution in [0.25, 0.3) is 0 Å². The third-order valence-electron chi connectivity index (χ3n) is 4.95. The van der Waals surface area contributed by atoms with Crippen LogP contribution in [-0.2, 0) is 11.3 Å². The Hall–Kier alpha value is -2.41. The largest absolute Gasteiger partial charge is 0.386 e. The third kappa shape index (κ3) is 4.40. The highest BCUT2D eigenvalue weighted by molar-refractivity contribution is 5.75. The van der Waals surface area contributed by atoms with E-state index in [1.165, 1.54) is 0 Å². The van der Waals surface area contributed by atoms with Gasteiger partial charge in [-0.25, -0.2) is 4.98 Å². The van der Waals surface area contributed by atoms with E-state index >= 15 is 0 Å². The minimum absolute atomic E-state index is 0.0169. The maximum Gasteiger partial charge on any atom is 0.224 e. The van der Waals surface area contributed by atoms with Gasteiger partial charge in [0.15, 0.2) is 0 Å². The first kappa shape index (κ1) is 18.4. The van der Waals surface area contributed by atoms with Gasteiger partial charge in [-0.3, -0.25) is 9.48 Å². The SMILES string of the molecule is Cc1ccnn1CCC(=O)N(C)C[C@]1(O)CCCN(c2ccccn2)C1. The van der Waals surface area contributed by atoms with Crippen molar-refractivity contribution in [3.63, 3.8) is 0 Å². The van der Waals surface area contributed by atoms with Gasteiger partial charge in [0.1, 0.15) is 5.82 Å². The van der Waals surface area contributed by atoms with Crippen molar-refractivity contribution in [3.05, 3.63) is 42.4 Å². The zero-order chi connectivity index (χ0) is 18.6. The topological polar surface area (TPSA) is 74.5 Å². The highest BCUT2D eigenvalue weighted by atomic mass is 16.3. The average molecular weight is 357 g/mol. The maximum atomic E-state index is 12.5. The molecular weight excluding hydrogens is 330 g/mol. The van der Waals surface area contributed by atoms with Crippen molar-refractivity contribution in [1.29, 1.82) is 0 Å². The zero-order valence-electron chi connectivity index (χ0n) is 15.5. The normalized spacial score (nSPS) is 20.2. The molecule has 1 N–H and O–H groups in total. The number of β-amino-alcohol motifs (C(OH)–C–C–N with tert-alkyl or cyclic N) is 1. The monoisotopic (exact) mass is 357 g/mol. The van der Waals surface area contributed by atoms with Gasteiger partial charge in [0, 0.05) is 51.2 Å². The summed E-state index contributed by atoms with van der Waals surface area (Å²) in [7, 11) is 1.76. The van der Waals surface area contributed by atoms with E-state index in [2.05, 4.69) is 15.0 Å². The van der Waals surface area contributed by atoms with Gasteiger partial charge in [-0.2, -0.15) is 5.10 Å². The van der Waals surface area contributed by atoms with Crippen molar-refractivity contribution in [2.75, 3.05) is 31.6 Å². The number of aliphatic hydroxyl groups is 1. The quantitative estimate of drug-likeness (QED) is 0.847. The fourth-order valence-corrected chi connectivity index (χ4v) is 3.53. The van der Waals surface area contributed by atoms with Crippen LogP contribution in [0.15, 0.2) is 36.7 Å². The number of nitrogens with zero attached hydrogens (tertiary/aromatic N) is 5. The molecule has 0 spiro atoms. The van der Waals surface area contributed by atoms with E-state index in [0.29, 0.717) is 32.5 Å². The van der Waals surface area contributed by atoms with E-state index < -0.39 is 5.60 Å². The van der Waals surface area contributed by atoms with Crippen LogP contribution in [0.1, 0.15) is 25.0 Å². The molecule has 0 radical (unpaired) electrons. The van der Waals surface area contributed by atoms with Crippen LogP contribution in [0.4, 0.5) is 5.82 Å². The second kappa shape index (κ2) is 7.86. The summed E-state index contributed by atoms with van der Waals surface area (Å²) in [4.78, 5) is 20.6. The second-order valence-electron chi connectivity index (χ2n) is 7.13. The van der Waals surface area contributed by atoms with Gasteiger partial charge in [-0.15, -0.1) is 0 Å². The molecule has 0 aliphatic carbocycles. The number of piperidine rings is 1. The summed E-state index contributed by atoms with van der Waals surface area (Å²) >= 11 is 0. The molecule has 3 heterocycles. The predicted molar refractivity (Wildman–Crippen MR) is 99.9 cm³/mol. The second-order valence-corrected chi connectivity index (χ2v) is 7.13. The Bertz CT molecular complexity index is 733. The highest BCUT2D eigenvalue weighted by Crippen LogP contribution is 2.25. The Kier molecular flexibility index (Phi) is 5.56. The van der Waals surface area contributed by atoms with Gasteiger partial charge in [-0.05, 0) is 38.0 Å². The Balaban J connectivity index is 1.56. The molecule has 0 saturated carbocycles. The first-order valence-electron chi connectivity index (χ1n) is 9.08. The summed E-state index contributed by atoms with van der Waals surface area (Å²) in [6.07, 6.45) is 5.43. The van der Waals surface area contributed by atoms with E-state index in [1.807, 2.05) is 35.9 Å². The molecule has 1 amide bonds. The lowest BCUT2D eigenvalue weighted by Gasteiger charge is -2.41. The summed E-state index contributed by atoms with van der Waals surface area (Å²) in [6, 6.07) is 7.70. The number of rotatable bonds is 6. The molecule has 1 aliphatic rings. The van der Waals surface area contributed by atoms with Gasteiger partial charge in [0.25, 0.3) is 0 Å². The molecule has 140 valence electrons. The molecule has 7 nitrogen and oxygen atoms in total. The number of carbonyl (C=O) groups excluding carboxylic acids is 1. The van der Waals surface area contributed by atoms with Crippen molar-refractivity contribution in [2.24, 2.45) is 0 Å². The summed E-state index contributed by atoms with van der Waals surface area (Å²) in [5, 5.41) is 15.2. The van der Waals surface area contributed by atoms with Crippen LogP contribution < -0.4 is 4.90 Å². The number of carbonyl (C=O) groups is 1. The molecule has 1 fully saturated rings. The van der Waals surface area contributed by atoms with Gasteiger partial charge in [-0.1, -0.05) is 6.07 Å². The van der Waals surface area contributed by atoms with E-state index in [4.69, 9.17) is 0 Å². The molecule has 1 aliphatic heterocycles. The van der Waals surface area contributed by atoms with Crippen LogP contribution in [0.3, 0.4) is 0 Å². The molecule has 7 heteroatoms. The number of aryl methyl sites for hydroxylation is 2. The standard InChI is InChI=1S/C19H27N5O2/c1-16-7-11-21-24(16)13-8-18(25)22(2)14-19(26)9-5-12-23(15-19)17-6-3-4-10-20-17/h3-4,6-7,10-11,26H,5,8-9,12-15H2,1-2H3/t19-/m1/s1. The Morgan fingerprint density at radius 2 is 2.19 bits per heavy atom. The summed E-state index contributed by atoms with van der Waals surface area (Å²) in [5.41, 5.74) is 0.124. The molecular formula is C19H27N5O2. The molecule has 0 aromatic carbocycles. The Morgan fingerprint density at radius 3 is 2.88 bits per heavy atom. The molecule has 2 aromatic heterocycles. The smallest absolute Gasteiger partial charge is 0.224 e. The lowest BCUT2D eigenvalue weighted by atomic mass is 9.92. The number of likely N-dealkylation sites (N-methyl/N-ethyl adjacent to an activating group) is 1. The van der Waals surface area contributed by atoms with Crippen molar-refractivity contribution in [2.45, 2.75) is 38.3 Å². The minimum atomic E-state index is -0.915. The van der Waals surface area contributed by atoms with E-state index in [0.717, 1.165) is 24.5 Å². The van der Waals surface area contributed by atoms with Crippen molar-refractivity contribution in [1.82, 2.24) is 19.7 Å². The van der Waals surface area contributed by atoms with E-state index in [9.17, 15) is 9.90 Å². The van der Waals surface area contributed by atoms with Crippen LogP contribution in [0, 0.1) is 6.92 Å². The van der Waals surface area contributed by atoms with Gasteiger partial charge in [0.2, 0.25) is 5.91 Å². The van der Waals surface area contributed by atoms with Crippen LogP contribution in [0.2, 0.25) is 0 Å². The van der Waals surface area contributed by atoms with Crippen molar-refractivity contribution in [3.8, 4) is 0 Å². The first-order valence-corrected chi connectivity index (χ1v) is 9.08. The van der Waals surface area contributed by atoms with Crippen LogP contribution in [-0.4, -0.2) is 63.0 Å². The van der Waals surface area contributed by atoms with E-state index in [-0.39, 0.29) is 5.91 Å². The molecule has 0 unspecified atom stereocenters. The average Bonchev–Trinajstić information content (AvgIpc) is 3.05. The fourth-order valence-electron chi connectivity index (χ4n) is 3.53. The number of hydrogen-bond acceptors (Lipinski definition) is 5. The molecule has 1 atom stereocenters. The lowest BCUT2D eigenvalue weighted by molar-refractivity contribution is -0.133. The lowest BCUT2D eigenvalue weighted by Crippen LogP contribution is -2.55. The Labute approximate surface area is 154 Å². The molecule has 3 rings (SSSR count). The number of anilines is 1. The van der Waals surface area contributed by atoms with Gasteiger partial charge in [0.05, 0.1) is 12.1 Å². The highest BCUT2D eigenvalue weighted by Gasteiger charge is 2.35. The molecule has 1 saturated heterocycles. The zero-order valence-corrected chi connectivity index (χ0v) is 15.5. The molecule has 2 aromatic rings. The van der Waals surface area contributed by atoms with Crippen molar-refractivity contribution < 1.29 is 9.90 Å². The number of hydrogen-bond donors (Lipinski definition) is 1. The van der Waals surface area contributed by atoms with Gasteiger partial charge < -0.3 is 14.9 Å². The summed E-state index contributed by atoms with van der Waals surface area (Å²) in [5.74, 6) is 0.886. The first-order chi connectivity index (χ1) is 12.5. The number of pyridine rings is 1. The van der Waals surface area contributed by atoms with E-state index in [1.54, 1.807) is 24.3 Å². The van der Waals surface area contributed by atoms with Crippen LogP contribution in [0.5, 0.6) is 0 Å². The third-order valence-corrected chi connectivity index (χ3v) is 4.95.